The van der Waals surface area contributed by atoms with Gasteiger partial charge in [-0.3, -0.25) is 4.48 Å². The molecule has 14 heavy (non-hydrogen) atoms. The van der Waals surface area contributed by atoms with E-state index in [0.717, 1.165) is 4.48 Å². The van der Waals surface area contributed by atoms with Gasteiger partial charge in [-0.2, -0.15) is 0 Å². The van der Waals surface area contributed by atoms with Crippen molar-refractivity contribution in [3.05, 3.63) is 28.7 Å². The molecule has 0 radical (unpaired) electrons. The van der Waals surface area contributed by atoms with Gasteiger partial charge in [-0.25, -0.2) is 0 Å². The lowest BCUT2D eigenvalue weighted by Crippen LogP contribution is -2.48. The zero-order chi connectivity index (χ0) is 10.0. The molecule has 0 aliphatic carbocycles. The van der Waals surface area contributed by atoms with Gasteiger partial charge in [0.15, 0.2) is 0 Å². The molecule has 0 atom stereocenters. The van der Waals surface area contributed by atoms with E-state index in [-0.39, 0.29) is 0 Å². The summed E-state index contributed by atoms with van der Waals surface area (Å²) in [5.41, 5.74) is 1.45. The monoisotopic (exact) mass is 254 g/mol. The van der Waals surface area contributed by atoms with Crippen LogP contribution >= 0.6 is 15.9 Å². The Morgan fingerprint density at radius 1 is 1.00 bits per heavy atom. The summed E-state index contributed by atoms with van der Waals surface area (Å²) < 4.78 is 2.29. The van der Waals surface area contributed by atoms with Crippen molar-refractivity contribution in [3.8, 4) is 0 Å². The predicted octanol–water partition coefficient (Wildman–Crippen LogP) is 3.57. The van der Waals surface area contributed by atoms with Gasteiger partial charge in [-0.15, -0.1) is 0 Å². The van der Waals surface area contributed by atoms with Crippen LogP contribution < -0.4 is 4.48 Å². The third-order valence-electron chi connectivity index (χ3n) is 3.25. The first-order chi connectivity index (χ1) is 6.71. The Morgan fingerprint density at radius 3 is 2.14 bits per heavy atom. The summed E-state index contributed by atoms with van der Waals surface area (Å²) in [6.07, 6.45) is 4.14. The number of piperidine rings is 1. The minimum atomic E-state index is 1.12. The second-order valence-corrected chi connectivity index (χ2v) is 5.30. The number of quaternary nitrogens is 1. The van der Waals surface area contributed by atoms with Crippen molar-refractivity contribution in [1.29, 1.82) is 0 Å². The van der Waals surface area contributed by atoms with Gasteiger partial charge in [0.1, 0.15) is 5.69 Å². The third kappa shape index (κ3) is 2.01. The molecule has 0 amide bonds. The van der Waals surface area contributed by atoms with Crippen molar-refractivity contribution < 1.29 is 0 Å². The van der Waals surface area contributed by atoms with Gasteiger partial charge < -0.3 is 0 Å². The lowest BCUT2D eigenvalue weighted by Gasteiger charge is -2.37. The van der Waals surface area contributed by atoms with Gasteiger partial charge in [0, 0.05) is 16.6 Å². The third-order valence-corrected chi connectivity index (χ3v) is 3.78. The van der Waals surface area contributed by atoms with Crippen molar-refractivity contribution in [2.75, 3.05) is 20.1 Å². The molecule has 1 aliphatic heterocycles. The quantitative estimate of drug-likeness (QED) is 0.673. The van der Waals surface area contributed by atoms with Gasteiger partial charge in [0.25, 0.3) is 0 Å². The second-order valence-electron chi connectivity index (χ2n) is 4.38. The van der Waals surface area contributed by atoms with Crippen molar-refractivity contribution in [2.24, 2.45) is 0 Å². The molecule has 1 fully saturated rings. The normalized spacial score (nSPS) is 20.7. The van der Waals surface area contributed by atoms with Crippen LogP contribution in [0.25, 0.3) is 0 Å². The van der Waals surface area contributed by atoms with Gasteiger partial charge in [0.2, 0.25) is 0 Å². The summed E-state index contributed by atoms with van der Waals surface area (Å²) in [6.45, 7) is 2.59. The maximum Gasteiger partial charge on any atom is 0.132 e. The number of likely N-dealkylation sites (tertiary alicyclic amines) is 1. The molecule has 0 unspecified atom stereocenters. The average molecular weight is 255 g/mol. The Hall–Kier alpha value is -0.340. The zero-order valence-electron chi connectivity index (χ0n) is 8.67. The molecule has 1 aromatic rings. The van der Waals surface area contributed by atoms with Gasteiger partial charge in [-0.1, -0.05) is 15.9 Å². The average Bonchev–Trinajstić information content (AvgIpc) is 2.19. The van der Waals surface area contributed by atoms with Gasteiger partial charge >= 0.3 is 0 Å². The van der Waals surface area contributed by atoms with E-state index in [1.807, 2.05) is 0 Å². The van der Waals surface area contributed by atoms with Crippen LogP contribution in [0.15, 0.2) is 28.7 Å². The largest absolute Gasteiger partial charge is 0.294 e. The minimum absolute atomic E-state index is 1.12. The Bertz CT molecular complexity index is 299. The Labute approximate surface area is 94.5 Å². The van der Waals surface area contributed by atoms with Crippen LogP contribution in [0.3, 0.4) is 0 Å². The molecule has 0 aromatic heterocycles. The van der Waals surface area contributed by atoms with Crippen molar-refractivity contribution in [3.63, 3.8) is 0 Å². The first kappa shape index (κ1) is 10.2. The van der Waals surface area contributed by atoms with E-state index in [4.69, 9.17) is 0 Å². The Morgan fingerprint density at radius 2 is 1.57 bits per heavy atom. The number of halogens is 1. The van der Waals surface area contributed by atoms with Crippen LogP contribution in [0.2, 0.25) is 0 Å². The molecule has 1 aromatic carbocycles. The topological polar surface area (TPSA) is 0 Å². The Balaban J connectivity index is 2.23. The molecule has 0 saturated carbocycles. The molecule has 0 N–H and O–H groups in total. The fraction of sp³-hybridized carbons (Fsp3) is 0.500. The zero-order valence-corrected chi connectivity index (χ0v) is 10.3. The summed E-state index contributed by atoms with van der Waals surface area (Å²) in [5, 5.41) is 0. The number of hydrogen-bond acceptors (Lipinski definition) is 0. The number of rotatable bonds is 1. The summed E-state index contributed by atoms with van der Waals surface area (Å²) in [5.74, 6) is 0. The van der Waals surface area contributed by atoms with Crippen LogP contribution in [0, 0.1) is 0 Å². The number of benzene rings is 1. The minimum Gasteiger partial charge on any atom is -0.294 e. The standard InChI is InChI=1S/C12H17BrN/c1-14(9-3-2-4-10-14)12-7-5-11(13)6-8-12/h5-8H,2-4,9-10H2,1H3/q+1. The summed E-state index contributed by atoms with van der Waals surface area (Å²) in [7, 11) is 2.35. The van der Waals surface area contributed by atoms with Gasteiger partial charge in [0.05, 0.1) is 20.1 Å². The summed E-state index contributed by atoms with van der Waals surface area (Å²) in [6, 6.07) is 8.78. The molecule has 2 rings (SSSR count). The Kier molecular flexibility index (Phi) is 2.93. The van der Waals surface area contributed by atoms with Crippen LogP contribution in [0.5, 0.6) is 0 Å². The van der Waals surface area contributed by atoms with Crippen molar-refractivity contribution >= 4 is 21.6 Å². The summed E-state index contributed by atoms with van der Waals surface area (Å²) in [4.78, 5) is 0. The highest BCUT2D eigenvalue weighted by Gasteiger charge is 2.26. The lowest BCUT2D eigenvalue weighted by molar-refractivity contribution is 0.274. The second kappa shape index (κ2) is 4.03. The first-order valence-corrected chi connectivity index (χ1v) is 6.11. The maximum absolute atomic E-state index is 3.48. The van der Waals surface area contributed by atoms with Crippen molar-refractivity contribution in [2.45, 2.75) is 19.3 Å². The molecule has 1 heterocycles. The van der Waals surface area contributed by atoms with Crippen LogP contribution in [-0.2, 0) is 0 Å². The highest BCUT2D eigenvalue weighted by Crippen LogP contribution is 2.27. The molecule has 0 bridgehead atoms. The molecule has 1 nitrogen and oxygen atoms in total. The smallest absolute Gasteiger partial charge is 0.132 e. The molecule has 1 aliphatic rings. The summed E-state index contributed by atoms with van der Waals surface area (Å²) >= 11 is 3.48. The van der Waals surface area contributed by atoms with E-state index in [9.17, 15) is 0 Å². The van der Waals surface area contributed by atoms with E-state index >= 15 is 0 Å². The first-order valence-electron chi connectivity index (χ1n) is 5.31. The van der Waals surface area contributed by atoms with E-state index < -0.39 is 0 Å². The molecular weight excluding hydrogens is 238 g/mol. The molecule has 1 saturated heterocycles. The fourth-order valence-electron chi connectivity index (χ4n) is 2.27. The molecule has 0 spiro atoms. The van der Waals surface area contributed by atoms with Crippen molar-refractivity contribution in [1.82, 2.24) is 4.48 Å². The number of hydrogen-bond donors (Lipinski definition) is 0. The van der Waals surface area contributed by atoms with E-state index in [1.165, 1.54) is 42.5 Å². The van der Waals surface area contributed by atoms with E-state index in [2.05, 4.69) is 47.2 Å². The van der Waals surface area contributed by atoms with E-state index in [1.54, 1.807) is 0 Å². The predicted molar refractivity (Wildman–Crippen MR) is 65.4 cm³/mol. The lowest BCUT2D eigenvalue weighted by atomic mass is 10.1. The molecule has 2 heteroatoms. The van der Waals surface area contributed by atoms with Crippen LogP contribution in [0.4, 0.5) is 5.69 Å². The number of nitrogens with zero attached hydrogens (tertiary/aromatic N) is 1. The molecule has 76 valence electrons. The van der Waals surface area contributed by atoms with E-state index in [0.29, 0.717) is 0 Å². The maximum atomic E-state index is 3.48. The highest BCUT2D eigenvalue weighted by molar-refractivity contribution is 9.10. The van der Waals surface area contributed by atoms with Crippen LogP contribution in [-0.4, -0.2) is 20.1 Å². The SMILES string of the molecule is C[N+]1(c2ccc(Br)cc2)CCCCC1. The van der Waals surface area contributed by atoms with Gasteiger partial charge in [-0.05, 0) is 31.4 Å². The molecular formula is C12H17BrN+. The fourth-order valence-corrected chi connectivity index (χ4v) is 2.53. The van der Waals surface area contributed by atoms with Crippen LogP contribution in [0.1, 0.15) is 19.3 Å². The highest BCUT2D eigenvalue weighted by atomic mass is 79.9.